The second-order valence-corrected chi connectivity index (χ2v) is 3.70. The molecule has 0 aliphatic heterocycles. The predicted octanol–water partition coefficient (Wildman–Crippen LogP) is 1.55. The van der Waals surface area contributed by atoms with Crippen LogP contribution in [0.5, 0.6) is 0 Å². The van der Waals surface area contributed by atoms with E-state index in [-0.39, 0.29) is 6.10 Å². The van der Waals surface area contributed by atoms with Gasteiger partial charge in [-0.15, -0.1) is 0 Å². The first-order valence-electron chi connectivity index (χ1n) is 5.27. The van der Waals surface area contributed by atoms with E-state index < -0.39 is 0 Å². The number of aryl methyl sites for hydroxylation is 1. The predicted molar refractivity (Wildman–Crippen MR) is 62.8 cm³/mol. The SMILES string of the molecule is CCC(O)CCNc1cc(N)c(C)cn1. The van der Waals surface area contributed by atoms with E-state index in [0.29, 0.717) is 6.54 Å². The van der Waals surface area contributed by atoms with E-state index in [0.717, 1.165) is 29.9 Å². The van der Waals surface area contributed by atoms with Crippen LogP contribution in [0, 0.1) is 6.92 Å². The fourth-order valence-electron chi connectivity index (χ4n) is 1.21. The molecular weight excluding hydrogens is 190 g/mol. The lowest BCUT2D eigenvalue weighted by Gasteiger charge is -2.10. The number of aliphatic hydroxyl groups excluding tert-OH is 1. The molecule has 0 aliphatic carbocycles. The van der Waals surface area contributed by atoms with Crippen LogP contribution >= 0.6 is 0 Å². The van der Waals surface area contributed by atoms with Crippen LogP contribution in [0.25, 0.3) is 0 Å². The van der Waals surface area contributed by atoms with Gasteiger partial charge >= 0.3 is 0 Å². The molecule has 0 saturated carbocycles. The van der Waals surface area contributed by atoms with Gasteiger partial charge in [-0.3, -0.25) is 0 Å². The van der Waals surface area contributed by atoms with Crippen molar-refractivity contribution in [1.82, 2.24) is 4.98 Å². The molecule has 1 aromatic rings. The average molecular weight is 209 g/mol. The van der Waals surface area contributed by atoms with Crippen molar-refractivity contribution >= 4 is 11.5 Å². The molecule has 4 heteroatoms. The minimum atomic E-state index is -0.236. The maximum Gasteiger partial charge on any atom is 0.127 e. The normalized spacial score (nSPS) is 12.5. The second kappa shape index (κ2) is 5.56. The summed E-state index contributed by atoms with van der Waals surface area (Å²) in [6.45, 7) is 4.60. The lowest BCUT2D eigenvalue weighted by Crippen LogP contribution is -2.13. The Balaban J connectivity index is 2.41. The summed E-state index contributed by atoms with van der Waals surface area (Å²) in [4.78, 5) is 4.19. The molecule has 1 atom stereocenters. The van der Waals surface area contributed by atoms with Gasteiger partial charge in [-0.1, -0.05) is 6.92 Å². The van der Waals surface area contributed by atoms with Crippen LogP contribution in [-0.4, -0.2) is 22.7 Å². The molecule has 1 heterocycles. The van der Waals surface area contributed by atoms with Gasteiger partial charge in [0.25, 0.3) is 0 Å². The summed E-state index contributed by atoms with van der Waals surface area (Å²) in [6.07, 6.45) is 3.02. The molecule has 0 amide bonds. The monoisotopic (exact) mass is 209 g/mol. The third kappa shape index (κ3) is 3.75. The van der Waals surface area contributed by atoms with E-state index in [4.69, 9.17) is 5.73 Å². The zero-order valence-corrected chi connectivity index (χ0v) is 9.33. The van der Waals surface area contributed by atoms with E-state index in [1.165, 1.54) is 0 Å². The first-order chi connectivity index (χ1) is 7.13. The fraction of sp³-hybridized carbons (Fsp3) is 0.545. The molecular formula is C11H19N3O. The van der Waals surface area contributed by atoms with E-state index in [1.807, 2.05) is 19.9 Å². The molecule has 84 valence electrons. The van der Waals surface area contributed by atoms with Gasteiger partial charge in [-0.05, 0) is 25.3 Å². The Kier molecular flexibility index (Phi) is 4.37. The molecule has 0 radical (unpaired) electrons. The van der Waals surface area contributed by atoms with Crippen molar-refractivity contribution in [3.8, 4) is 0 Å². The van der Waals surface area contributed by atoms with Crippen LogP contribution in [0.4, 0.5) is 11.5 Å². The zero-order chi connectivity index (χ0) is 11.3. The van der Waals surface area contributed by atoms with E-state index >= 15 is 0 Å². The number of hydrogen-bond donors (Lipinski definition) is 3. The lowest BCUT2D eigenvalue weighted by atomic mass is 10.2. The van der Waals surface area contributed by atoms with Crippen LogP contribution in [0.1, 0.15) is 25.3 Å². The van der Waals surface area contributed by atoms with Gasteiger partial charge in [0, 0.05) is 24.5 Å². The average Bonchev–Trinajstić information content (AvgIpc) is 2.23. The van der Waals surface area contributed by atoms with Crippen molar-refractivity contribution in [2.75, 3.05) is 17.6 Å². The summed E-state index contributed by atoms with van der Waals surface area (Å²) in [7, 11) is 0. The summed E-state index contributed by atoms with van der Waals surface area (Å²) in [5.41, 5.74) is 7.47. The number of pyridine rings is 1. The Morgan fingerprint density at radius 3 is 2.93 bits per heavy atom. The van der Waals surface area contributed by atoms with Crippen LogP contribution in [0.3, 0.4) is 0 Å². The van der Waals surface area contributed by atoms with Gasteiger partial charge in [-0.2, -0.15) is 0 Å². The number of aromatic nitrogens is 1. The summed E-state index contributed by atoms with van der Waals surface area (Å²) >= 11 is 0. The number of nitrogens with two attached hydrogens (primary N) is 1. The zero-order valence-electron chi connectivity index (χ0n) is 9.33. The molecule has 0 bridgehead atoms. The van der Waals surface area contributed by atoms with Crippen molar-refractivity contribution in [1.29, 1.82) is 0 Å². The molecule has 0 saturated heterocycles. The molecule has 0 fully saturated rings. The summed E-state index contributed by atoms with van der Waals surface area (Å²) in [5.74, 6) is 0.765. The first kappa shape index (κ1) is 11.8. The molecule has 0 aromatic carbocycles. The molecule has 1 aromatic heterocycles. The Hall–Kier alpha value is -1.29. The van der Waals surface area contributed by atoms with Crippen LogP contribution in [0.2, 0.25) is 0 Å². The number of nitrogens with one attached hydrogen (secondary N) is 1. The minimum Gasteiger partial charge on any atom is -0.398 e. The highest BCUT2D eigenvalue weighted by Crippen LogP contribution is 2.13. The highest BCUT2D eigenvalue weighted by atomic mass is 16.3. The third-order valence-corrected chi connectivity index (χ3v) is 2.40. The van der Waals surface area contributed by atoms with Crippen molar-refractivity contribution < 1.29 is 5.11 Å². The minimum absolute atomic E-state index is 0.236. The van der Waals surface area contributed by atoms with Gasteiger partial charge in [0.1, 0.15) is 5.82 Å². The molecule has 0 spiro atoms. The van der Waals surface area contributed by atoms with Crippen molar-refractivity contribution in [2.45, 2.75) is 32.8 Å². The molecule has 15 heavy (non-hydrogen) atoms. The third-order valence-electron chi connectivity index (χ3n) is 2.40. The molecule has 4 N–H and O–H groups in total. The van der Waals surface area contributed by atoms with Crippen LogP contribution in [-0.2, 0) is 0 Å². The van der Waals surface area contributed by atoms with E-state index in [2.05, 4.69) is 10.3 Å². The van der Waals surface area contributed by atoms with Crippen molar-refractivity contribution in [2.24, 2.45) is 0 Å². The molecule has 0 aliphatic rings. The summed E-state index contributed by atoms with van der Waals surface area (Å²) < 4.78 is 0. The fourth-order valence-corrected chi connectivity index (χ4v) is 1.21. The smallest absolute Gasteiger partial charge is 0.127 e. The molecule has 4 nitrogen and oxygen atoms in total. The van der Waals surface area contributed by atoms with Gasteiger partial charge in [0.05, 0.1) is 6.10 Å². The molecule has 1 unspecified atom stereocenters. The van der Waals surface area contributed by atoms with Crippen LogP contribution < -0.4 is 11.1 Å². The maximum absolute atomic E-state index is 9.35. The maximum atomic E-state index is 9.35. The summed E-state index contributed by atoms with van der Waals surface area (Å²) in [6, 6.07) is 1.81. The Morgan fingerprint density at radius 1 is 1.60 bits per heavy atom. The first-order valence-corrected chi connectivity index (χ1v) is 5.27. The second-order valence-electron chi connectivity index (χ2n) is 3.70. The Morgan fingerprint density at radius 2 is 2.33 bits per heavy atom. The summed E-state index contributed by atoms with van der Waals surface area (Å²) in [5, 5.41) is 12.5. The van der Waals surface area contributed by atoms with Crippen molar-refractivity contribution in [3.05, 3.63) is 17.8 Å². The number of hydrogen-bond acceptors (Lipinski definition) is 4. The number of aliphatic hydroxyl groups is 1. The number of rotatable bonds is 5. The number of anilines is 2. The van der Waals surface area contributed by atoms with Gasteiger partial charge in [0.2, 0.25) is 0 Å². The lowest BCUT2D eigenvalue weighted by molar-refractivity contribution is 0.164. The van der Waals surface area contributed by atoms with Gasteiger partial charge < -0.3 is 16.2 Å². The highest BCUT2D eigenvalue weighted by Gasteiger charge is 2.01. The Labute approximate surface area is 90.5 Å². The number of nitrogens with zero attached hydrogens (tertiary/aromatic N) is 1. The molecule has 1 rings (SSSR count). The standard InChI is InChI=1S/C11H19N3O/c1-3-9(15)4-5-13-11-6-10(12)8(2)7-14-11/h6-7,9,15H,3-5H2,1-2H3,(H3,12,13,14). The topological polar surface area (TPSA) is 71.2 Å². The van der Waals surface area contributed by atoms with Crippen LogP contribution in [0.15, 0.2) is 12.3 Å². The van der Waals surface area contributed by atoms with E-state index in [1.54, 1.807) is 6.20 Å². The van der Waals surface area contributed by atoms with E-state index in [9.17, 15) is 5.11 Å². The quantitative estimate of drug-likeness (QED) is 0.688. The number of nitrogen functional groups attached to an aromatic ring is 1. The van der Waals surface area contributed by atoms with Crippen molar-refractivity contribution in [3.63, 3.8) is 0 Å². The Bertz CT molecular complexity index is 315. The highest BCUT2D eigenvalue weighted by molar-refractivity contribution is 5.53. The largest absolute Gasteiger partial charge is 0.398 e. The van der Waals surface area contributed by atoms with Gasteiger partial charge in [-0.25, -0.2) is 4.98 Å². The van der Waals surface area contributed by atoms with Gasteiger partial charge in [0.15, 0.2) is 0 Å².